The van der Waals surface area contributed by atoms with Crippen molar-refractivity contribution in [3.63, 3.8) is 0 Å². The van der Waals surface area contributed by atoms with Crippen LogP contribution in [0.5, 0.6) is 11.5 Å². The van der Waals surface area contributed by atoms with E-state index in [1.54, 1.807) is 25.1 Å². The Hall–Kier alpha value is -1.55. The lowest BCUT2D eigenvalue weighted by Gasteiger charge is -2.14. The van der Waals surface area contributed by atoms with Crippen molar-refractivity contribution in [1.82, 2.24) is 5.32 Å². The summed E-state index contributed by atoms with van der Waals surface area (Å²) < 4.78 is 32.7. The summed E-state index contributed by atoms with van der Waals surface area (Å²) in [5, 5.41) is 2.58. The lowest BCUT2D eigenvalue weighted by Crippen LogP contribution is -2.35. The topological polar surface area (TPSA) is 47.6 Å². The van der Waals surface area contributed by atoms with Crippen LogP contribution < -0.4 is 14.8 Å². The van der Waals surface area contributed by atoms with Gasteiger partial charge in [0.1, 0.15) is 0 Å². The highest BCUT2D eigenvalue weighted by Crippen LogP contribution is 2.32. The number of hydrogen-bond acceptors (Lipinski definition) is 4. The molecule has 0 saturated carbocycles. The van der Waals surface area contributed by atoms with E-state index in [2.05, 4.69) is 5.32 Å². The van der Waals surface area contributed by atoms with E-state index in [0.29, 0.717) is 23.5 Å². The third-order valence-electron chi connectivity index (χ3n) is 2.66. The lowest BCUT2D eigenvalue weighted by atomic mass is 10.0. The highest BCUT2D eigenvalue weighted by molar-refractivity contribution is 6.00. The van der Waals surface area contributed by atoms with Crippen molar-refractivity contribution in [1.29, 1.82) is 0 Å². The highest BCUT2D eigenvalue weighted by Gasteiger charge is 2.20. The molecule has 1 unspecified atom stereocenters. The quantitative estimate of drug-likeness (QED) is 0.797. The van der Waals surface area contributed by atoms with Gasteiger partial charge in [-0.3, -0.25) is 4.79 Å². The Morgan fingerprint density at radius 3 is 3.18 bits per heavy atom. The number of fused-ring (bicyclic) bond motifs is 1. The van der Waals surface area contributed by atoms with E-state index in [-0.39, 0.29) is 12.6 Å². The fraction of sp³-hybridized carbons (Fsp3) is 0.462. The van der Waals surface area contributed by atoms with Crippen LogP contribution in [0.25, 0.3) is 0 Å². The largest absolute Gasteiger partial charge is 0.454 e. The molecule has 0 fully saturated rings. The maximum Gasteiger partial charge on any atom is 0.231 e. The smallest absolute Gasteiger partial charge is 0.231 e. The summed E-state index contributed by atoms with van der Waals surface area (Å²) in [4.78, 5) is 12.4. The molecule has 0 radical (unpaired) electrons. The van der Waals surface area contributed by atoms with E-state index in [9.17, 15) is 4.79 Å². The summed E-state index contributed by atoms with van der Waals surface area (Å²) in [7, 11) is 0. The van der Waals surface area contributed by atoms with Gasteiger partial charge in [0.15, 0.2) is 17.3 Å². The van der Waals surface area contributed by atoms with Crippen molar-refractivity contribution < 1.29 is 18.4 Å². The molecule has 0 saturated heterocycles. The van der Waals surface area contributed by atoms with Gasteiger partial charge in [0.2, 0.25) is 6.79 Å². The Morgan fingerprint density at radius 1 is 1.59 bits per heavy atom. The zero-order valence-electron chi connectivity index (χ0n) is 12.7. The molecule has 92 valence electrons. The van der Waals surface area contributed by atoms with Gasteiger partial charge in [0.05, 0.1) is 6.04 Å². The number of nitrogens with one attached hydrogen (secondary N) is 1. The molecule has 1 aliphatic heterocycles. The van der Waals surface area contributed by atoms with Gasteiger partial charge in [-0.2, -0.15) is 0 Å². The maximum absolute atomic E-state index is 12.4. The average Bonchev–Trinajstić information content (AvgIpc) is 2.91. The standard InChI is InChI=1S/C13H17NO3/c1-3-10(14-4-2)13(15)9-5-6-11-12(7-9)17-8-16-11/h5-7,10,14H,3-4,8H2,1-2H3/i2D,4D2. The van der Waals surface area contributed by atoms with Crippen LogP contribution >= 0.6 is 0 Å². The number of benzene rings is 1. The number of ketones is 1. The number of rotatable bonds is 5. The van der Waals surface area contributed by atoms with Gasteiger partial charge in [-0.15, -0.1) is 0 Å². The molecule has 1 N–H and O–H groups in total. The Balaban J connectivity index is 2.16. The van der Waals surface area contributed by atoms with E-state index in [4.69, 9.17) is 13.6 Å². The molecule has 4 heteroatoms. The van der Waals surface area contributed by atoms with E-state index in [1.807, 2.05) is 0 Å². The molecule has 1 heterocycles. The SMILES string of the molecule is [2H]CC([2H])([2H])NC(CC)C(=O)c1ccc2c(c1)OCO2. The van der Waals surface area contributed by atoms with Gasteiger partial charge in [-0.1, -0.05) is 13.8 Å². The van der Waals surface area contributed by atoms with Crippen LogP contribution in [-0.2, 0) is 0 Å². The van der Waals surface area contributed by atoms with Crippen LogP contribution in [0, 0.1) is 0 Å². The molecule has 0 bridgehead atoms. The summed E-state index contributed by atoms with van der Waals surface area (Å²) in [5.41, 5.74) is 0.439. The molecule has 2 rings (SSSR count). The second-order valence-corrected chi connectivity index (χ2v) is 3.71. The Kier molecular flexibility index (Phi) is 2.60. The number of ether oxygens (including phenoxy) is 2. The third-order valence-corrected chi connectivity index (χ3v) is 2.66. The van der Waals surface area contributed by atoms with E-state index < -0.39 is 19.4 Å². The van der Waals surface area contributed by atoms with E-state index in [0.717, 1.165) is 0 Å². The lowest BCUT2D eigenvalue weighted by molar-refractivity contribution is 0.0941. The van der Waals surface area contributed by atoms with Gasteiger partial charge in [0.25, 0.3) is 0 Å². The Morgan fingerprint density at radius 2 is 2.41 bits per heavy atom. The molecule has 17 heavy (non-hydrogen) atoms. The third kappa shape index (κ3) is 2.42. The van der Waals surface area contributed by atoms with Crippen molar-refractivity contribution in [2.24, 2.45) is 0 Å². The predicted octanol–water partition coefficient (Wildman–Crippen LogP) is 1.99. The second kappa shape index (κ2) is 5.19. The minimum absolute atomic E-state index is 0.143. The molecule has 1 aromatic rings. The first-order chi connectivity index (χ1) is 9.46. The van der Waals surface area contributed by atoms with Crippen molar-refractivity contribution >= 4 is 5.78 Å². The molecule has 0 spiro atoms. The molecule has 4 nitrogen and oxygen atoms in total. The Labute approximate surface area is 105 Å². The van der Waals surface area contributed by atoms with Gasteiger partial charge >= 0.3 is 0 Å². The van der Waals surface area contributed by atoms with Crippen molar-refractivity contribution in [2.75, 3.05) is 13.3 Å². The van der Waals surface area contributed by atoms with Crippen molar-refractivity contribution in [2.45, 2.75) is 26.3 Å². The normalized spacial score (nSPS) is 18.1. The van der Waals surface area contributed by atoms with Crippen molar-refractivity contribution in [3.05, 3.63) is 23.8 Å². The molecule has 1 atom stereocenters. The average molecular weight is 238 g/mol. The van der Waals surface area contributed by atoms with Gasteiger partial charge < -0.3 is 14.8 Å². The Bertz CT molecular complexity index is 508. The number of hydrogen-bond donors (Lipinski definition) is 1. The summed E-state index contributed by atoms with van der Waals surface area (Å²) in [5.74, 6) is 0.904. The summed E-state index contributed by atoms with van der Waals surface area (Å²) in [6.45, 7) is -0.392. The number of carbonyl (C=O) groups is 1. The molecular weight excluding hydrogens is 218 g/mol. The zero-order chi connectivity index (χ0) is 14.8. The molecule has 1 aliphatic rings. The second-order valence-electron chi connectivity index (χ2n) is 3.71. The molecule has 0 amide bonds. The van der Waals surface area contributed by atoms with Gasteiger partial charge in [0, 0.05) is 9.68 Å². The molecular formula is C13H17NO3. The first kappa shape index (κ1) is 8.53. The van der Waals surface area contributed by atoms with Crippen LogP contribution in [0.15, 0.2) is 18.2 Å². The van der Waals surface area contributed by atoms with Crippen LogP contribution in [0.4, 0.5) is 0 Å². The predicted molar refractivity (Wildman–Crippen MR) is 64.7 cm³/mol. The minimum Gasteiger partial charge on any atom is -0.454 e. The van der Waals surface area contributed by atoms with Gasteiger partial charge in [-0.25, -0.2) is 0 Å². The zero-order valence-corrected chi connectivity index (χ0v) is 9.66. The van der Waals surface area contributed by atoms with Crippen LogP contribution in [-0.4, -0.2) is 25.1 Å². The molecule has 1 aromatic carbocycles. The van der Waals surface area contributed by atoms with Crippen molar-refractivity contribution in [3.8, 4) is 11.5 Å². The van der Waals surface area contributed by atoms with Gasteiger partial charge in [-0.05, 0) is 31.1 Å². The van der Waals surface area contributed by atoms with E-state index >= 15 is 0 Å². The number of Topliss-reactive ketones (excluding diaryl/α,β-unsaturated/α-hetero) is 1. The number of likely N-dealkylation sites (N-methyl/N-ethyl adjacent to an activating group) is 1. The first-order valence-electron chi connectivity index (χ1n) is 7.18. The number of carbonyl (C=O) groups excluding carboxylic acids is 1. The van der Waals surface area contributed by atoms with Crippen LogP contribution in [0.1, 0.15) is 34.7 Å². The fourth-order valence-electron chi connectivity index (χ4n) is 1.73. The molecule has 0 aromatic heterocycles. The summed E-state index contributed by atoms with van der Waals surface area (Å²) >= 11 is 0. The first-order valence-corrected chi connectivity index (χ1v) is 5.47. The van der Waals surface area contributed by atoms with E-state index in [1.165, 1.54) is 0 Å². The summed E-state index contributed by atoms with van der Waals surface area (Å²) in [6.07, 6.45) is 0.437. The highest BCUT2D eigenvalue weighted by atomic mass is 16.7. The maximum atomic E-state index is 12.4. The monoisotopic (exact) mass is 238 g/mol. The summed E-state index contributed by atoms with van der Waals surface area (Å²) in [6, 6.07) is 4.24. The van der Waals surface area contributed by atoms with Crippen LogP contribution in [0.3, 0.4) is 0 Å². The van der Waals surface area contributed by atoms with Crippen LogP contribution in [0.2, 0.25) is 0 Å². The minimum atomic E-state index is -1.88. The fourth-order valence-corrected chi connectivity index (χ4v) is 1.73. The molecule has 0 aliphatic carbocycles.